The number of benzene rings is 3. The standard InChI is InChI=1S/C28H24N2O7/c31-18-11-9-17(10-12-18)15-24(27(34)37-30-25(32)13-14-26(30)33)29-28(35)36-16-23-21-7-3-1-5-19(21)20-6-2-4-8-22(20)23/h1-12,23-24,31H,13-16H2,(H,29,35)/t24-/m0/s1. The van der Waals surface area contributed by atoms with Crippen LogP contribution < -0.4 is 5.32 Å². The predicted molar refractivity (Wildman–Crippen MR) is 131 cm³/mol. The van der Waals surface area contributed by atoms with E-state index in [0.29, 0.717) is 10.6 Å². The summed E-state index contributed by atoms with van der Waals surface area (Å²) in [4.78, 5) is 54.6. The summed E-state index contributed by atoms with van der Waals surface area (Å²) in [5, 5.41) is 12.5. The lowest BCUT2D eigenvalue weighted by Crippen LogP contribution is -2.46. The average Bonchev–Trinajstić information content (AvgIpc) is 3.40. The van der Waals surface area contributed by atoms with Gasteiger partial charge in [0.05, 0.1) is 0 Å². The maximum atomic E-state index is 12.9. The highest BCUT2D eigenvalue weighted by Gasteiger charge is 2.36. The number of nitrogens with one attached hydrogen (secondary N) is 1. The first-order valence-corrected chi connectivity index (χ1v) is 11.9. The smallest absolute Gasteiger partial charge is 0.407 e. The fourth-order valence-electron chi connectivity index (χ4n) is 4.65. The van der Waals surface area contributed by atoms with Gasteiger partial charge < -0.3 is 20.0 Å². The molecule has 0 radical (unpaired) electrons. The highest BCUT2D eigenvalue weighted by atomic mass is 16.7. The van der Waals surface area contributed by atoms with Gasteiger partial charge in [0.25, 0.3) is 11.8 Å². The van der Waals surface area contributed by atoms with Gasteiger partial charge in [-0.05, 0) is 39.9 Å². The third-order valence-corrected chi connectivity index (χ3v) is 6.48. The van der Waals surface area contributed by atoms with E-state index >= 15 is 0 Å². The SMILES string of the molecule is O=C(N[C@@H](Cc1ccc(O)cc1)C(=O)ON1C(=O)CCC1=O)OCC1c2ccccc2-c2ccccc21. The predicted octanol–water partition coefficient (Wildman–Crippen LogP) is 3.45. The Morgan fingerprint density at radius 3 is 2.05 bits per heavy atom. The lowest BCUT2D eigenvalue weighted by molar-refractivity contribution is -0.198. The molecular formula is C28H24N2O7. The molecule has 3 amide bonds. The number of hydroxylamine groups is 2. The number of phenols is 1. The number of hydrogen-bond acceptors (Lipinski definition) is 7. The minimum Gasteiger partial charge on any atom is -0.508 e. The highest BCUT2D eigenvalue weighted by Crippen LogP contribution is 2.44. The fourth-order valence-corrected chi connectivity index (χ4v) is 4.65. The number of aromatic hydroxyl groups is 1. The van der Waals surface area contributed by atoms with Crippen LogP contribution in [-0.2, 0) is 30.4 Å². The Labute approximate surface area is 212 Å². The van der Waals surface area contributed by atoms with Gasteiger partial charge in [0, 0.05) is 25.2 Å². The van der Waals surface area contributed by atoms with E-state index in [9.17, 15) is 24.3 Å². The second kappa shape index (κ2) is 10.1. The van der Waals surface area contributed by atoms with Crippen LogP contribution in [-0.4, -0.2) is 46.7 Å². The van der Waals surface area contributed by atoms with Crippen molar-refractivity contribution in [1.29, 1.82) is 0 Å². The number of ether oxygens (including phenoxy) is 1. The minimum atomic E-state index is -1.25. The molecule has 5 rings (SSSR count). The summed E-state index contributed by atoms with van der Waals surface area (Å²) in [6.45, 7) is 0.0456. The molecule has 0 bridgehead atoms. The Hall–Kier alpha value is -4.66. The van der Waals surface area contributed by atoms with Crippen molar-refractivity contribution in [1.82, 2.24) is 10.4 Å². The number of alkyl carbamates (subject to hydrolysis) is 1. The van der Waals surface area contributed by atoms with E-state index in [-0.39, 0.29) is 37.5 Å². The molecule has 2 N–H and O–H groups in total. The molecular weight excluding hydrogens is 476 g/mol. The lowest BCUT2D eigenvalue weighted by Gasteiger charge is -2.21. The molecule has 3 aromatic carbocycles. The summed E-state index contributed by atoms with van der Waals surface area (Å²) in [7, 11) is 0. The van der Waals surface area contributed by atoms with Crippen LogP contribution in [0.4, 0.5) is 4.79 Å². The summed E-state index contributed by atoms with van der Waals surface area (Å²) in [5.41, 5.74) is 4.87. The molecule has 0 saturated carbocycles. The number of nitrogens with zero attached hydrogens (tertiary/aromatic N) is 1. The van der Waals surface area contributed by atoms with E-state index in [4.69, 9.17) is 9.57 Å². The molecule has 1 fully saturated rings. The average molecular weight is 501 g/mol. The third-order valence-electron chi connectivity index (χ3n) is 6.48. The molecule has 0 aromatic heterocycles. The molecule has 1 aliphatic carbocycles. The van der Waals surface area contributed by atoms with Crippen LogP contribution in [0.5, 0.6) is 5.75 Å². The number of carbonyl (C=O) groups excluding carboxylic acids is 4. The summed E-state index contributed by atoms with van der Waals surface area (Å²) >= 11 is 0. The van der Waals surface area contributed by atoms with Gasteiger partial charge in [0.2, 0.25) is 0 Å². The Balaban J connectivity index is 1.29. The van der Waals surface area contributed by atoms with Crippen molar-refractivity contribution >= 4 is 23.9 Å². The van der Waals surface area contributed by atoms with Crippen molar-refractivity contribution in [2.24, 2.45) is 0 Å². The quantitative estimate of drug-likeness (QED) is 0.477. The van der Waals surface area contributed by atoms with Crippen molar-refractivity contribution < 1.29 is 33.9 Å². The zero-order valence-corrected chi connectivity index (χ0v) is 19.8. The molecule has 188 valence electrons. The molecule has 9 nitrogen and oxygen atoms in total. The number of amides is 3. The number of carbonyl (C=O) groups is 4. The number of phenolic OH excluding ortho intramolecular Hbond substituents is 1. The number of imide groups is 1. The van der Waals surface area contributed by atoms with Crippen LogP contribution in [0.25, 0.3) is 11.1 Å². The summed E-state index contributed by atoms with van der Waals surface area (Å²) in [6, 6.07) is 20.6. The van der Waals surface area contributed by atoms with Crippen LogP contribution in [0.15, 0.2) is 72.8 Å². The molecule has 1 atom stereocenters. The molecule has 9 heteroatoms. The summed E-state index contributed by atoms with van der Waals surface area (Å²) < 4.78 is 5.54. The van der Waals surface area contributed by atoms with Gasteiger partial charge in [-0.15, -0.1) is 5.06 Å². The Morgan fingerprint density at radius 2 is 1.46 bits per heavy atom. The van der Waals surface area contributed by atoms with Crippen LogP contribution in [0.1, 0.15) is 35.4 Å². The monoisotopic (exact) mass is 500 g/mol. The molecule has 0 spiro atoms. The zero-order valence-electron chi connectivity index (χ0n) is 19.8. The lowest BCUT2D eigenvalue weighted by atomic mass is 9.98. The topological polar surface area (TPSA) is 122 Å². The van der Waals surface area contributed by atoms with E-state index in [1.807, 2.05) is 48.5 Å². The molecule has 37 heavy (non-hydrogen) atoms. The first-order chi connectivity index (χ1) is 17.9. The van der Waals surface area contributed by atoms with Crippen molar-refractivity contribution in [2.45, 2.75) is 31.2 Å². The van der Waals surface area contributed by atoms with Crippen LogP contribution in [0.2, 0.25) is 0 Å². The number of fused-ring (bicyclic) bond motifs is 3. The molecule has 0 unspecified atom stereocenters. The van der Waals surface area contributed by atoms with Crippen molar-refractivity contribution in [2.75, 3.05) is 6.61 Å². The maximum Gasteiger partial charge on any atom is 0.407 e. The Bertz CT molecular complexity index is 1310. The van der Waals surface area contributed by atoms with E-state index in [0.717, 1.165) is 22.3 Å². The van der Waals surface area contributed by atoms with Gasteiger partial charge in [0.15, 0.2) is 0 Å². The Morgan fingerprint density at radius 1 is 0.892 bits per heavy atom. The van der Waals surface area contributed by atoms with Crippen LogP contribution in [0.3, 0.4) is 0 Å². The molecule has 1 saturated heterocycles. The normalized spacial score (nSPS) is 15.2. The second-order valence-electron chi connectivity index (χ2n) is 8.89. The largest absolute Gasteiger partial charge is 0.508 e. The second-order valence-corrected chi connectivity index (χ2v) is 8.89. The van der Waals surface area contributed by atoms with E-state index in [1.165, 1.54) is 12.1 Å². The van der Waals surface area contributed by atoms with Crippen molar-refractivity contribution in [3.8, 4) is 16.9 Å². The molecule has 1 heterocycles. The van der Waals surface area contributed by atoms with Gasteiger partial charge in [-0.3, -0.25) is 9.59 Å². The first kappa shape index (κ1) is 24.1. The maximum absolute atomic E-state index is 12.9. The zero-order chi connectivity index (χ0) is 25.9. The van der Waals surface area contributed by atoms with Gasteiger partial charge in [-0.1, -0.05) is 60.7 Å². The third kappa shape index (κ3) is 5.02. The van der Waals surface area contributed by atoms with E-state index in [1.54, 1.807) is 12.1 Å². The number of hydrogen-bond donors (Lipinski definition) is 2. The molecule has 1 aliphatic heterocycles. The van der Waals surface area contributed by atoms with Crippen molar-refractivity contribution in [3.63, 3.8) is 0 Å². The van der Waals surface area contributed by atoms with Gasteiger partial charge in [-0.2, -0.15) is 0 Å². The van der Waals surface area contributed by atoms with E-state index in [2.05, 4.69) is 5.32 Å². The first-order valence-electron chi connectivity index (χ1n) is 11.9. The van der Waals surface area contributed by atoms with Crippen LogP contribution >= 0.6 is 0 Å². The Kier molecular flexibility index (Phi) is 6.59. The van der Waals surface area contributed by atoms with E-state index < -0.39 is 29.9 Å². The fraction of sp³-hybridized carbons (Fsp3) is 0.214. The van der Waals surface area contributed by atoms with Crippen LogP contribution in [0, 0.1) is 0 Å². The molecule has 3 aromatic rings. The number of rotatable bonds is 7. The van der Waals surface area contributed by atoms with Crippen molar-refractivity contribution in [3.05, 3.63) is 89.5 Å². The van der Waals surface area contributed by atoms with Gasteiger partial charge in [0.1, 0.15) is 18.4 Å². The van der Waals surface area contributed by atoms with Gasteiger partial charge >= 0.3 is 12.1 Å². The highest BCUT2D eigenvalue weighted by molar-refractivity contribution is 6.02. The summed E-state index contributed by atoms with van der Waals surface area (Å²) in [5.74, 6) is -2.35. The minimum absolute atomic E-state index is 0.0144. The van der Waals surface area contributed by atoms with Gasteiger partial charge in [-0.25, -0.2) is 9.59 Å². The molecule has 2 aliphatic rings. The summed E-state index contributed by atoms with van der Waals surface area (Å²) in [6.07, 6.45) is -0.954.